The quantitative estimate of drug-likeness (QED) is 0.280. The monoisotopic (exact) mass is 459 g/mol. The predicted octanol–water partition coefficient (Wildman–Crippen LogP) is 3.56. The molecule has 31 heavy (non-hydrogen) atoms. The molecule has 150 valence electrons. The number of fused-ring (bicyclic) bond motifs is 1. The molecule has 0 aliphatic rings. The van der Waals surface area contributed by atoms with Gasteiger partial charge in [0.05, 0.1) is 16.3 Å². The Labute approximate surface area is 207 Å². The van der Waals surface area contributed by atoms with E-state index in [4.69, 9.17) is 11.6 Å². The van der Waals surface area contributed by atoms with E-state index in [0.29, 0.717) is 27.5 Å². The first-order chi connectivity index (χ1) is 14.4. The van der Waals surface area contributed by atoms with Gasteiger partial charge in [0, 0.05) is 27.2 Å². The molecule has 0 aliphatic heterocycles. The summed E-state index contributed by atoms with van der Waals surface area (Å²) in [7, 11) is -4.71. The van der Waals surface area contributed by atoms with Crippen molar-refractivity contribution in [2.24, 2.45) is 10.2 Å². The number of hydrogen-bond acceptors (Lipinski definition) is 6. The van der Waals surface area contributed by atoms with Gasteiger partial charge in [0.15, 0.2) is 0 Å². The maximum absolute atomic E-state index is 11.9. The van der Waals surface area contributed by atoms with E-state index in [2.05, 4.69) is 15.5 Å². The Balaban J connectivity index is 0.00000272. The van der Waals surface area contributed by atoms with Gasteiger partial charge in [-0.05, 0) is 48.5 Å². The van der Waals surface area contributed by atoms with Gasteiger partial charge < -0.3 is 9.87 Å². The Hall–Kier alpha value is -2.26. The molecule has 0 unspecified atom stereocenters. The van der Waals surface area contributed by atoms with Gasteiger partial charge in [-0.15, -0.1) is 5.11 Å². The molecule has 0 aliphatic carbocycles. The van der Waals surface area contributed by atoms with Gasteiger partial charge in [0.1, 0.15) is 10.1 Å². The Morgan fingerprint density at radius 2 is 1.58 bits per heavy atom. The molecule has 0 spiro atoms. The fourth-order valence-electron chi connectivity index (χ4n) is 3.08. The van der Waals surface area contributed by atoms with Crippen LogP contribution in [0.15, 0.2) is 100 Å². The van der Waals surface area contributed by atoms with Crippen LogP contribution >= 0.6 is 11.6 Å². The van der Waals surface area contributed by atoms with Crippen LogP contribution in [-0.4, -0.2) is 13.0 Å². The minimum atomic E-state index is -4.71. The number of rotatable bonds is 5. The molecule has 4 rings (SSSR count). The Morgan fingerprint density at radius 3 is 2.29 bits per heavy atom. The number of hydrogen-bond donors (Lipinski definition) is 1. The number of benzene rings is 4. The first-order valence-corrected chi connectivity index (χ1v) is 10.7. The van der Waals surface area contributed by atoms with Crippen molar-refractivity contribution < 1.29 is 42.5 Å². The standard InChI is InChI=1S/C22H16ClN3O3S.Na/c23-15-6-4-9-17(14-15)25-26-19-12-13-20(24-16-7-2-1-3-8-16)22-18(19)10-5-11-21(22)30(27,28)29;/h1-14,24H,(H,27,28,29);/q;+1/p-1. The summed E-state index contributed by atoms with van der Waals surface area (Å²) in [5.41, 5.74) is 2.21. The summed E-state index contributed by atoms with van der Waals surface area (Å²) in [4.78, 5) is -0.321. The smallest absolute Gasteiger partial charge is 0.744 e. The minimum absolute atomic E-state index is 0. The van der Waals surface area contributed by atoms with Crippen LogP contribution in [0.2, 0.25) is 5.02 Å². The van der Waals surface area contributed by atoms with Gasteiger partial charge in [-0.1, -0.05) is 48.0 Å². The molecule has 6 nitrogen and oxygen atoms in total. The fourth-order valence-corrected chi connectivity index (χ4v) is 3.98. The number of para-hydroxylation sites is 1. The van der Waals surface area contributed by atoms with Gasteiger partial charge >= 0.3 is 29.6 Å². The molecule has 9 heteroatoms. The molecular formula is C22H15ClN3NaO3S. The zero-order valence-electron chi connectivity index (χ0n) is 16.5. The van der Waals surface area contributed by atoms with Crippen LogP contribution in [0, 0.1) is 0 Å². The van der Waals surface area contributed by atoms with Gasteiger partial charge in [-0.25, -0.2) is 8.42 Å². The van der Waals surface area contributed by atoms with Crippen LogP contribution in [0.3, 0.4) is 0 Å². The van der Waals surface area contributed by atoms with E-state index in [1.807, 2.05) is 30.3 Å². The van der Waals surface area contributed by atoms with E-state index in [1.165, 1.54) is 12.1 Å². The summed E-state index contributed by atoms with van der Waals surface area (Å²) in [5, 5.41) is 12.9. The molecule has 0 atom stereocenters. The van der Waals surface area contributed by atoms with Crippen LogP contribution in [-0.2, 0) is 10.1 Å². The van der Waals surface area contributed by atoms with Crippen molar-refractivity contribution in [1.29, 1.82) is 0 Å². The zero-order chi connectivity index (χ0) is 21.1. The molecule has 0 heterocycles. The van der Waals surface area contributed by atoms with Crippen molar-refractivity contribution in [3.05, 3.63) is 90.0 Å². The minimum Gasteiger partial charge on any atom is -0.744 e. The molecule has 0 saturated heterocycles. The molecule has 4 aromatic rings. The van der Waals surface area contributed by atoms with Crippen molar-refractivity contribution in [3.8, 4) is 0 Å². The van der Waals surface area contributed by atoms with Crippen molar-refractivity contribution in [2.45, 2.75) is 4.90 Å². The van der Waals surface area contributed by atoms with Crippen molar-refractivity contribution in [3.63, 3.8) is 0 Å². The number of anilines is 2. The van der Waals surface area contributed by atoms with E-state index in [-0.39, 0.29) is 39.8 Å². The van der Waals surface area contributed by atoms with Crippen molar-refractivity contribution >= 4 is 55.2 Å². The summed E-state index contributed by atoms with van der Waals surface area (Å²) in [6.07, 6.45) is 0. The van der Waals surface area contributed by atoms with Gasteiger partial charge in [0.25, 0.3) is 0 Å². The largest absolute Gasteiger partial charge is 1.00 e. The second-order valence-corrected chi connectivity index (χ2v) is 8.22. The molecule has 0 bridgehead atoms. The summed E-state index contributed by atoms with van der Waals surface area (Å²) in [6, 6.07) is 24.0. The number of azo groups is 1. The Kier molecular flexibility index (Phi) is 7.48. The number of nitrogens with one attached hydrogen (secondary N) is 1. The summed E-state index contributed by atoms with van der Waals surface area (Å²) in [6.45, 7) is 0. The van der Waals surface area contributed by atoms with Gasteiger partial charge in [0.2, 0.25) is 0 Å². The third kappa shape index (κ3) is 5.51. The van der Waals surface area contributed by atoms with Gasteiger partial charge in [-0.2, -0.15) is 5.11 Å². The molecule has 0 amide bonds. The normalized spacial score (nSPS) is 11.4. The molecule has 0 saturated carbocycles. The molecule has 4 aromatic carbocycles. The Morgan fingerprint density at radius 1 is 0.839 bits per heavy atom. The average molecular weight is 460 g/mol. The van der Waals surface area contributed by atoms with Crippen LogP contribution in [0.4, 0.5) is 22.7 Å². The van der Waals surface area contributed by atoms with Crippen LogP contribution in [0.25, 0.3) is 10.8 Å². The molecule has 0 radical (unpaired) electrons. The van der Waals surface area contributed by atoms with E-state index < -0.39 is 10.1 Å². The van der Waals surface area contributed by atoms with E-state index >= 15 is 0 Å². The number of nitrogens with zero attached hydrogens (tertiary/aromatic N) is 2. The van der Waals surface area contributed by atoms with Crippen molar-refractivity contribution in [1.82, 2.24) is 0 Å². The zero-order valence-corrected chi connectivity index (χ0v) is 20.1. The summed E-state index contributed by atoms with van der Waals surface area (Å²) >= 11 is 5.98. The SMILES string of the molecule is O=S(=O)([O-])c1cccc2c(N=Nc3cccc(Cl)c3)ccc(Nc3ccccc3)c12.[Na+]. The third-order valence-corrected chi connectivity index (χ3v) is 5.50. The first kappa shape index (κ1) is 23.4. The summed E-state index contributed by atoms with van der Waals surface area (Å²) < 4.78 is 35.8. The van der Waals surface area contributed by atoms with E-state index in [1.54, 1.807) is 42.5 Å². The molecule has 1 N–H and O–H groups in total. The molecular weight excluding hydrogens is 445 g/mol. The van der Waals surface area contributed by atoms with Gasteiger partial charge in [-0.3, -0.25) is 0 Å². The van der Waals surface area contributed by atoms with Crippen LogP contribution in [0.5, 0.6) is 0 Å². The fraction of sp³-hybridized carbons (Fsp3) is 0. The van der Waals surface area contributed by atoms with Crippen LogP contribution in [0.1, 0.15) is 0 Å². The predicted molar refractivity (Wildman–Crippen MR) is 117 cm³/mol. The van der Waals surface area contributed by atoms with Crippen molar-refractivity contribution in [2.75, 3.05) is 5.32 Å². The molecule has 0 aromatic heterocycles. The maximum atomic E-state index is 11.9. The first-order valence-electron chi connectivity index (χ1n) is 8.93. The van der Waals surface area contributed by atoms with E-state index in [0.717, 1.165) is 5.69 Å². The summed E-state index contributed by atoms with van der Waals surface area (Å²) in [5.74, 6) is 0. The maximum Gasteiger partial charge on any atom is 1.00 e. The average Bonchev–Trinajstić information content (AvgIpc) is 2.73. The van der Waals surface area contributed by atoms with Crippen LogP contribution < -0.4 is 34.9 Å². The third-order valence-electron chi connectivity index (χ3n) is 4.38. The second-order valence-electron chi connectivity index (χ2n) is 6.44. The number of halogens is 1. The Bertz CT molecular complexity index is 1360. The van der Waals surface area contributed by atoms with E-state index in [9.17, 15) is 13.0 Å². The molecule has 0 fully saturated rings. The second kappa shape index (κ2) is 9.91. The topological polar surface area (TPSA) is 94.0 Å².